The van der Waals surface area contributed by atoms with E-state index in [9.17, 15) is 0 Å². The van der Waals surface area contributed by atoms with Crippen LogP contribution in [0.5, 0.6) is 0 Å². The molecule has 0 fully saturated rings. The molecule has 0 N–H and O–H groups in total. The van der Waals surface area contributed by atoms with E-state index >= 15 is 0 Å². The average Bonchev–Trinajstić information content (AvgIpc) is 2.40. The average molecular weight is 523 g/mol. The summed E-state index contributed by atoms with van der Waals surface area (Å²) in [5, 5.41) is 2.62. The zero-order valence-electron chi connectivity index (χ0n) is 25.6. The van der Waals surface area contributed by atoms with Gasteiger partial charge in [-0.05, 0) is 55.6 Å². The van der Waals surface area contributed by atoms with Gasteiger partial charge in [0.05, 0.1) is 0 Å². The Morgan fingerprint density at radius 2 is 0.469 bits per heavy atom. The van der Waals surface area contributed by atoms with Crippen molar-refractivity contribution < 1.29 is 0 Å². The fourth-order valence-electron chi connectivity index (χ4n) is 5.38. The smallest absolute Gasteiger partial charge is 0.0140 e. The van der Waals surface area contributed by atoms with Crippen molar-refractivity contribution in [2.75, 3.05) is 24.6 Å². The molecule has 0 aliphatic rings. The van der Waals surface area contributed by atoms with Crippen LogP contribution in [0.1, 0.15) is 125 Å². The third-order valence-corrected chi connectivity index (χ3v) is 26.2. The van der Waals surface area contributed by atoms with E-state index in [4.69, 9.17) is 0 Å². The van der Waals surface area contributed by atoms with Crippen LogP contribution < -0.4 is 0 Å². The van der Waals surface area contributed by atoms with Gasteiger partial charge in [0.25, 0.3) is 0 Å². The molecule has 194 valence electrons. The summed E-state index contributed by atoms with van der Waals surface area (Å²) in [6.07, 6.45) is 5.86. The SMILES string of the molecule is CC(C)(C)P(CCP(C(C)(C)C)C(C)(C)C)P(CCP(C(C)(C)C)C(C)(C)C)C(C)(C)C. The highest BCUT2D eigenvalue weighted by molar-refractivity contribution is 8.31. The molecule has 32 heavy (non-hydrogen) atoms. The van der Waals surface area contributed by atoms with E-state index in [1.807, 2.05) is 0 Å². The molecule has 0 spiro atoms. The van der Waals surface area contributed by atoms with Gasteiger partial charge in [-0.15, -0.1) is 0 Å². The quantitative estimate of drug-likeness (QED) is 0.292. The van der Waals surface area contributed by atoms with E-state index in [1.165, 1.54) is 24.6 Å². The summed E-state index contributed by atoms with van der Waals surface area (Å²) < 4.78 is 0. The largest absolute Gasteiger partial charge is 0.0953 e. The van der Waals surface area contributed by atoms with Crippen LogP contribution in [0.2, 0.25) is 0 Å². The Bertz CT molecular complexity index is 473. The Morgan fingerprint density at radius 1 is 0.281 bits per heavy atom. The number of rotatable bonds is 7. The van der Waals surface area contributed by atoms with E-state index in [0.717, 1.165) is 0 Å². The predicted molar refractivity (Wildman–Crippen MR) is 166 cm³/mol. The lowest BCUT2D eigenvalue weighted by molar-refractivity contribution is 0.704. The standard InChI is InChI=1S/C28H62P4/c1-23(2,3)29(24(4,5)6)19-21-31(27(13,14)15)32(28(16,17)18)22-20-30(25(7,8)9)26(10,11)12/h19-22H2,1-18H3. The summed E-state index contributed by atoms with van der Waals surface area (Å²) in [7, 11) is -0.00437. The second-order valence-electron chi connectivity index (χ2n) is 15.6. The first-order valence-electron chi connectivity index (χ1n) is 12.8. The minimum Gasteiger partial charge on any atom is -0.0953 e. The van der Waals surface area contributed by atoms with E-state index in [2.05, 4.69) is 125 Å². The van der Waals surface area contributed by atoms with E-state index in [-0.39, 0.29) is 31.1 Å². The van der Waals surface area contributed by atoms with E-state index in [0.29, 0.717) is 30.9 Å². The van der Waals surface area contributed by atoms with Crippen molar-refractivity contribution >= 4 is 31.1 Å². The molecule has 0 saturated heterocycles. The molecule has 2 atom stereocenters. The second kappa shape index (κ2) is 11.4. The Balaban J connectivity index is 6.00. The van der Waals surface area contributed by atoms with Crippen molar-refractivity contribution in [1.29, 1.82) is 0 Å². The Kier molecular flexibility index (Phi) is 12.0. The third-order valence-electron chi connectivity index (χ3n) is 6.15. The molecule has 0 amide bonds. The van der Waals surface area contributed by atoms with E-state index in [1.54, 1.807) is 0 Å². The van der Waals surface area contributed by atoms with Gasteiger partial charge < -0.3 is 0 Å². The normalized spacial score (nSPS) is 17.2. The minimum atomic E-state index is -0.0112. The van der Waals surface area contributed by atoms with Crippen LogP contribution in [0.4, 0.5) is 0 Å². The van der Waals surface area contributed by atoms with Crippen LogP contribution in [0.3, 0.4) is 0 Å². The van der Waals surface area contributed by atoms with Crippen LogP contribution in [-0.2, 0) is 0 Å². The fraction of sp³-hybridized carbons (Fsp3) is 1.00. The molecule has 0 aliphatic carbocycles. The van der Waals surface area contributed by atoms with Crippen LogP contribution >= 0.6 is 31.1 Å². The molecule has 0 aromatic rings. The highest BCUT2D eigenvalue weighted by Crippen LogP contribution is 2.81. The lowest BCUT2D eigenvalue weighted by atomic mass is 10.2. The molecule has 0 rings (SSSR count). The molecule has 2 unspecified atom stereocenters. The molecule has 0 bridgehead atoms. The van der Waals surface area contributed by atoms with Gasteiger partial charge in [0.1, 0.15) is 0 Å². The molecule has 4 heteroatoms. The Morgan fingerprint density at radius 3 is 0.594 bits per heavy atom. The van der Waals surface area contributed by atoms with Gasteiger partial charge in [0.2, 0.25) is 0 Å². The molecule has 0 heterocycles. The first kappa shape index (κ1) is 33.7. The second-order valence-corrected chi connectivity index (χ2v) is 31.6. The molecule has 0 aliphatic heterocycles. The first-order valence-corrected chi connectivity index (χ1v) is 19.6. The summed E-state index contributed by atoms with van der Waals surface area (Å²) in [6, 6.07) is 0. The highest BCUT2D eigenvalue weighted by atomic mass is 32.1. The minimum absolute atomic E-state index is 0.00899. The van der Waals surface area contributed by atoms with Crippen molar-refractivity contribution in [2.45, 2.75) is 156 Å². The molecule has 0 aromatic heterocycles. The van der Waals surface area contributed by atoms with Crippen molar-refractivity contribution in [1.82, 2.24) is 0 Å². The maximum Gasteiger partial charge on any atom is -0.0140 e. The number of hydrogen-bond donors (Lipinski definition) is 0. The summed E-state index contributed by atoms with van der Waals surface area (Å²) in [5.41, 5.74) is 0. The van der Waals surface area contributed by atoms with Crippen molar-refractivity contribution in [2.24, 2.45) is 0 Å². The van der Waals surface area contributed by atoms with Crippen molar-refractivity contribution in [3.8, 4) is 0 Å². The Hall–Kier alpha value is 1.72. The van der Waals surface area contributed by atoms with Gasteiger partial charge in [-0.1, -0.05) is 156 Å². The lowest BCUT2D eigenvalue weighted by Crippen LogP contribution is -2.30. The zero-order valence-corrected chi connectivity index (χ0v) is 29.2. The van der Waals surface area contributed by atoms with Gasteiger partial charge in [-0.3, -0.25) is 0 Å². The van der Waals surface area contributed by atoms with Crippen molar-refractivity contribution in [3.63, 3.8) is 0 Å². The van der Waals surface area contributed by atoms with Crippen LogP contribution in [0.25, 0.3) is 0 Å². The first-order chi connectivity index (χ1) is 13.7. The molecule has 0 radical (unpaired) electrons. The Labute approximate surface area is 210 Å². The maximum atomic E-state index is 2.56. The molecule has 0 nitrogen and oxygen atoms in total. The third kappa shape index (κ3) is 11.2. The van der Waals surface area contributed by atoms with Gasteiger partial charge >= 0.3 is 0 Å². The van der Waals surface area contributed by atoms with E-state index < -0.39 is 0 Å². The number of hydrogen-bond acceptors (Lipinski definition) is 0. The monoisotopic (exact) mass is 522 g/mol. The van der Waals surface area contributed by atoms with Gasteiger partial charge in [0.15, 0.2) is 0 Å². The van der Waals surface area contributed by atoms with Gasteiger partial charge in [-0.25, -0.2) is 0 Å². The maximum absolute atomic E-state index is 2.56. The topological polar surface area (TPSA) is 0 Å². The summed E-state index contributed by atoms with van der Waals surface area (Å²) in [6.45, 7) is 45.3. The van der Waals surface area contributed by atoms with Gasteiger partial charge in [0, 0.05) is 0 Å². The lowest BCUT2D eigenvalue weighted by Gasteiger charge is -2.49. The molecular weight excluding hydrogens is 460 g/mol. The predicted octanol–water partition coefficient (Wildman–Crippen LogP) is 11.6. The van der Waals surface area contributed by atoms with Crippen LogP contribution in [0, 0.1) is 0 Å². The van der Waals surface area contributed by atoms with Crippen LogP contribution in [-0.4, -0.2) is 55.6 Å². The molecule has 0 saturated carbocycles. The van der Waals surface area contributed by atoms with Crippen LogP contribution in [0.15, 0.2) is 0 Å². The van der Waals surface area contributed by atoms with Gasteiger partial charge in [-0.2, -0.15) is 0 Å². The molecular formula is C28H62P4. The van der Waals surface area contributed by atoms with Crippen molar-refractivity contribution in [3.05, 3.63) is 0 Å². The summed E-state index contributed by atoms with van der Waals surface area (Å²) in [4.78, 5) is 0. The zero-order chi connectivity index (χ0) is 26.1. The highest BCUT2D eigenvalue weighted by Gasteiger charge is 2.42. The fourth-order valence-corrected chi connectivity index (χ4v) is 25.9. The summed E-state index contributed by atoms with van der Waals surface area (Å²) >= 11 is 0. The summed E-state index contributed by atoms with van der Waals surface area (Å²) in [5.74, 6) is 0. The molecule has 0 aromatic carbocycles.